The third kappa shape index (κ3) is 4.32. The van der Waals surface area contributed by atoms with Crippen LogP contribution in [0.2, 0.25) is 0 Å². The maximum Gasteiger partial charge on any atom is 0.416 e. The molecule has 0 amide bonds. The monoisotopic (exact) mass is 535 g/mol. The molecule has 1 N–H and O–H groups in total. The van der Waals surface area contributed by atoms with Gasteiger partial charge in [-0.05, 0) is 71.7 Å². The van der Waals surface area contributed by atoms with E-state index in [0.29, 0.717) is 16.9 Å². The summed E-state index contributed by atoms with van der Waals surface area (Å²) >= 11 is 3.70. The van der Waals surface area contributed by atoms with Gasteiger partial charge in [0.1, 0.15) is 12.4 Å². The van der Waals surface area contributed by atoms with Gasteiger partial charge in [0.2, 0.25) is 0 Å². The van der Waals surface area contributed by atoms with Crippen LogP contribution in [0.1, 0.15) is 71.5 Å². The van der Waals surface area contributed by atoms with Gasteiger partial charge in [-0.25, -0.2) is 0 Å². The van der Waals surface area contributed by atoms with Gasteiger partial charge in [-0.3, -0.25) is 4.79 Å². The lowest BCUT2D eigenvalue weighted by Crippen LogP contribution is -2.14. The standard InChI is InChI=1S/C26H25BrF3NO3/c27-24-20-13-18(6-8-22(20)31-10-9-17(25(24)31)12-23(32)33)34-14-15-5-7-19(16-3-1-2-4-16)21(11-15)26(28,29)30/h5-8,11,13,16,24H,1-4,9-10,12,14H2,(H,32,33). The van der Waals surface area contributed by atoms with E-state index in [1.807, 2.05) is 18.2 Å². The zero-order valence-electron chi connectivity index (χ0n) is 18.5. The van der Waals surface area contributed by atoms with E-state index in [-0.39, 0.29) is 23.8 Å². The topological polar surface area (TPSA) is 49.8 Å². The molecule has 2 aromatic carbocycles. The molecule has 2 aliphatic heterocycles. The summed E-state index contributed by atoms with van der Waals surface area (Å²) in [6.45, 7) is 0.775. The number of alkyl halides is 4. The Morgan fingerprint density at radius 1 is 1.12 bits per heavy atom. The number of allylic oxidation sites excluding steroid dienone is 1. The summed E-state index contributed by atoms with van der Waals surface area (Å²) in [5, 5.41) is 9.21. The van der Waals surface area contributed by atoms with Crippen LogP contribution in [-0.4, -0.2) is 17.6 Å². The van der Waals surface area contributed by atoms with Gasteiger partial charge < -0.3 is 14.7 Å². The van der Waals surface area contributed by atoms with E-state index in [9.17, 15) is 23.1 Å². The molecule has 34 heavy (non-hydrogen) atoms. The number of benzene rings is 2. The minimum atomic E-state index is -4.39. The summed E-state index contributed by atoms with van der Waals surface area (Å²) in [5.74, 6) is -0.298. The summed E-state index contributed by atoms with van der Waals surface area (Å²) in [4.78, 5) is 13.2. The molecule has 3 aliphatic rings. The van der Waals surface area contributed by atoms with E-state index in [0.717, 1.165) is 61.2 Å². The molecule has 0 spiro atoms. The van der Waals surface area contributed by atoms with Gasteiger partial charge >= 0.3 is 12.1 Å². The normalized spacial score (nSPS) is 20.1. The molecule has 2 heterocycles. The number of hydrogen-bond acceptors (Lipinski definition) is 3. The molecule has 1 saturated carbocycles. The van der Waals surface area contributed by atoms with E-state index in [2.05, 4.69) is 20.8 Å². The molecule has 1 fully saturated rings. The lowest BCUT2D eigenvalue weighted by atomic mass is 9.91. The smallest absolute Gasteiger partial charge is 0.416 e. The van der Waals surface area contributed by atoms with Crippen LogP contribution in [0.15, 0.2) is 47.7 Å². The Balaban J connectivity index is 1.35. The van der Waals surface area contributed by atoms with Crippen molar-refractivity contribution < 1.29 is 27.8 Å². The number of hydrogen-bond donors (Lipinski definition) is 1. The van der Waals surface area contributed by atoms with Crippen LogP contribution in [0.3, 0.4) is 0 Å². The van der Waals surface area contributed by atoms with Gasteiger partial charge in [-0.15, -0.1) is 0 Å². The highest BCUT2D eigenvalue weighted by molar-refractivity contribution is 9.09. The first-order valence-corrected chi connectivity index (χ1v) is 12.5. The molecule has 8 heteroatoms. The van der Waals surface area contributed by atoms with Crippen LogP contribution in [0, 0.1) is 0 Å². The number of aliphatic carboxylic acids is 1. The molecule has 2 aromatic rings. The summed E-state index contributed by atoms with van der Waals surface area (Å²) in [6.07, 6.45) is -0.0771. The van der Waals surface area contributed by atoms with Crippen molar-refractivity contribution in [2.24, 2.45) is 0 Å². The van der Waals surface area contributed by atoms with Crippen LogP contribution < -0.4 is 9.64 Å². The molecule has 4 nitrogen and oxygen atoms in total. The minimum Gasteiger partial charge on any atom is -0.489 e. The van der Waals surface area contributed by atoms with Crippen LogP contribution in [0.25, 0.3) is 0 Å². The van der Waals surface area contributed by atoms with Gasteiger partial charge in [0.25, 0.3) is 0 Å². The Morgan fingerprint density at radius 3 is 2.59 bits per heavy atom. The fourth-order valence-corrected chi connectivity index (χ4v) is 6.47. The maximum atomic E-state index is 13.8. The average Bonchev–Trinajstić information content (AvgIpc) is 3.51. The minimum absolute atomic E-state index is 0.0175. The lowest BCUT2D eigenvalue weighted by Gasteiger charge is -2.19. The molecule has 1 atom stereocenters. The number of fused-ring (bicyclic) bond motifs is 3. The Morgan fingerprint density at radius 2 is 1.88 bits per heavy atom. The molecular weight excluding hydrogens is 511 g/mol. The summed E-state index contributed by atoms with van der Waals surface area (Å²) in [7, 11) is 0. The molecule has 5 rings (SSSR count). The zero-order valence-corrected chi connectivity index (χ0v) is 20.1. The molecule has 0 saturated heterocycles. The number of halogens is 4. The number of anilines is 1. The van der Waals surface area contributed by atoms with Crippen molar-refractivity contribution >= 4 is 27.6 Å². The molecule has 0 aromatic heterocycles. The predicted octanol–water partition coefficient (Wildman–Crippen LogP) is 7.33. The SMILES string of the molecule is O=C(O)CC1=C2C(Br)c3cc(OCc4ccc(C5CCCC5)c(C(F)(F)F)c4)ccc3N2CC1. The van der Waals surface area contributed by atoms with Crippen molar-refractivity contribution in [1.82, 2.24) is 0 Å². The zero-order chi connectivity index (χ0) is 24.0. The van der Waals surface area contributed by atoms with Gasteiger partial charge in [-0.2, -0.15) is 13.2 Å². The number of ether oxygens (including phenoxy) is 1. The highest BCUT2D eigenvalue weighted by Crippen LogP contribution is 2.52. The molecule has 180 valence electrons. The van der Waals surface area contributed by atoms with Gasteiger partial charge in [0.05, 0.1) is 16.8 Å². The second kappa shape index (κ2) is 8.95. The van der Waals surface area contributed by atoms with Crippen LogP contribution in [0.5, 0.6) is 5.75 Å². The van der Waals surface area contributed by atoms with Gasteiger partial charge in [0.15, 0.2) is 0 Å². The molecule has 0 bridgehead atoms. The van der Waals surface area contributed by atoms with Crippen LogP contribution >= 0.6 is 15.9 Å². The highest BCUT2D eigenvalue weighted by Gasteiger charge is 2.39. The Kier molecular flexibility index (Phi) is 6.12. The lowest BCUT2D eigenvalue weighted by molar-refractivity contribution is -0.138. The number of carbonyl (C=O) groups is 1. The highest BCUT2D eigenvalue weighted by atomic mass is 79.9. The quantitative estimate of drug-likeness (QED) is 0.393. The van der Waals surface area contributed by atoms with Crippen molar-refractivity contribution in [3.63, 3.8) is 0 Å². The number of nitrogens with zero attached hydrogens (tertiary/aromatic N) is 1. The van der Waals surface area contributed by atoms with E-state index >= 15 is 0 Å². The summed E-state index contributed by atoms with van der Waals surface area (Å²) < 4.78 is 47.2. The second-order valence-corrected chi connectivity index (χ2v) is 10.1. The van der Waals surface area contributed by atoms with Crippen molar-refractivity contribution in [3.05, 3.63) is 69.9 Å². The summed E-state index contributed by atoms with van der Waals surface area (Å²) in [5.41, 5.74) is 4.21. The summed E-state index contributed by atoms with van der Waals surface area (Å²) in [6, 6.07) is 10.2. The fourth-order valence-electron chi connectivity index (χ4n) is 5.53. The van der Waals surface area contributed by atoms with Crippen molar-refractivity contribution in [3.8, 4) is 5.75 Å². The number of carboxylic acid groups (broad SMARTS) is 1. The number of carboxylic acids is 1. The van der Waals surface area contributed by atoms with E-state index in [4.69, 9.17) is 4.74 Å². The fraction of sp³-hybridized carbons (Fsp3) is 0.423. The molecule has 0 radical (unpaired) electrons. The van der Waals surface area contributed by atoms with Gasteiger partial charge in [-0.1, -0.05) is 40.9 Å². The van der Waals surface area contributed by atoms with Crippen LogP contribution in [0.4, 0.5) is 18.9 Å². The van der Waals surface area contributed by atoms with Crippen molar-refractivity contribution in [2.45, 2.75) is 62.1 Å². The van der Waals surface area contributed by atoms with Crippen LogP contribution in [-0.2, 0) is 17.6 Å². The van der Waals surface area contributed by atoms with Crippen molar-refractivity contribution in [2.75, 3.05) is 11.4 Å². The largest absolute Gasteiger partial charge is 0.489 e. The first-order valence-electron chi connectivity index (χ1n) is 11.5. The average molecular weight is 536 g/mol. The third-order valence-electron chi connectivity index (χ3n) is 7.08. The van der Waals surface area contributed by atoms with E-state index in [1.54, 1.807) is 12.1 Å². The molecular formula is C26H25BrF3NO3. The Hall–Kier alpha value is -2.48. The van der Waals surface area contributed by atoms with E-state index in [1.165, 1.54) is 6.07 Å². The molecule has 1 unspecified atom stereocenters. The maximum absolute atomic E-state index is 13.8. The predicted molar refractivity (Wildman–Crippen MR) is 126 cm³/mol. The first kappa shape index (κ1) is 23.3. The molecule has 1 aliphatic carbocycles. The van der Waals surface area contributed by atoms with E-state index < -0.39 is 17.7 Å². The van der Waals surface area contributed by atoms with Gasteiger partial charge in [0, 0.05) is 17.9 Å². The second-order valence-electron chi connectivity index (χ2n) is 9.23. The third-order valence-corrected chi connectivity index (χ3v) is 8.01. The Labute approximate surface area is 204 Å². The first-order chi connectivity index (χ1) is 16.2. The van der Waals surface area contributed by atoms with Crippen molar-refractivity contribution in [1.29, 1.82) is 0 Å². The Bertz CT molecular complexity index is 1150. The number of rotatable bonds is 6.